The van der Waals surface area contributed by atoms with Crippen molar-refractivity contribution >= 4 is 0 Å². The highest BCUT2D eigenvalue weighted by Gasteiger charge is 2.22. The minimum absolute atomic E-state index is 0.125. The van der Waals surface area contributed by atoms with Crippen LogP contribution in [0, 0.1) is 0 Å². The quantitative estimate of drug-likeness (QED) is 0.812. The van der Waals surface area contributed by atoms with E-state index in [0.29, 0.717) is 19.3 Å². The second kappa shape index (κ2) is 9.61. The molecular weight excluding hydrogens is 364 g/mol. The SMILES string of the molecule is C[C@@H](COc1ccccc1)N1CCOc2ccc(CN3CCC(O)CC3)cc2C1. The Balaban J connectivity index is 1.38. The lowest BCUT2D eigenvalue weighted by Gasteiger charge is -2.30. The Kier molecular flexibility index (Phi) is 6.70. The van der Waals surface area contributed by atoms with Crippen molar-refractivity contribution < 1.29 is 14.6 Å². The van der Waals surface area contributed by atoms with Crippen LogP contribution in [-0.2, 0) is 13.1 Å². The Bertz CT molecular complexity index is 775. The first-order valence-corrected chi connectivity index (χ1v) is 10.7. The van der Waals surface area contributed by atoms with E-state index in [4.69, 9.17) is 9.47 Å². The summed E-state index contributed by atoms with van der Waals surface area (Å²) in [7, 11) is 0. The summed E-state index contributed by atoms with van der Waals surface area (Å²) in [4.78, 5) is 4.87. The molecule has 0 saturated carbocycles. The summed E-state index contributed by atoms with van der Waals surface area (Å²) in [6.45, 7) is 8.22. The number of aliphatic hydroxyl groups is 1. The van der Waals surface area contributed by atoms with Crippen LogP contribution in [0.1, 0.15) is 30.9 Å². The molecule has 2 aliphatic heterocycles. The van der Waals surface area contributed by atoms with Gasteiger partial charge in [-0.3, -0.25) is 9.80 Å². The van der Waals surface area contributed by atoms with Crippen molar-refractivity contribution in [2.24, 2.45) is 0 Å². The zero-order chi connectivity index (χ0) is 20.1. The van der Waals surface area contributed by atoms with Crippen LogP contribution in [0.4, 0.5) is 0 Å². The maximum absolute atomic E-state index is 9.72. The maximum atomic E-state index is 9.72. The normalized spacial score (nSPS) is 19.8. The molecule has 4 rings (SSSR count). The molecule has 2 aromatic carbocycles. The van der Waals surface area contributed by atoms with Crippen LogP contribution in [0.3, 0.4) is 0 Å². The molecule has 1 N–H and O–H groups in total. The number of rotatable bonds is 6. The number of hydrogen-bond donors (Lipinski definition) is 1. The van der Waals surface area contributed by atoms with Crippen LogP contribution >= 0.6 is 0 Å². The summed E-state index contributed by atoms with van der Waals surface area (Å²) in [5, 5.41) is 9.72. The van der Waals surface area contributed by atoms with Crippen LogP contribution in [0.25, 0.3) is 0 Å². The van der Waals surface area contributed by atoms with Gasteiger partial charge in [-0.25, -0.2) is 0 Å². The monoisotopic (exact) mass is 396 g/mol. The lowest BCUT2D eigenvalue weighted by atomic mass is 10.0. The fraction of sp³-hybridized carbons (Fsp3) is 0.500. The topological polar surface area (TPSA) is 45.2 Å². The number of piperidine rings is 1. The molecule has 5 nitrogen and oxygen atoms in total. The van der Waals surface area contributed by atoms with Gasteiger partial charge in [-0.2, -0.15) is 0 Å². The number of fused-ring (bicyclic) bond motifs is 1. The number of ether oxygens (including phenoxy) is 2. The third kappa shape index (κ3) is 5.50. The predicted octanol–water partition coefficient (Wildman–Crippen LogP) is 3.31. The lowest BCUT2D eigenvalue weighted by molar-refractivity contribution is 0.0792. The van der Waals surface area contributed by atoms with E-state index in [0.717, 1.165) is 57.1 Å². The van der Waals surface area contributed by atoms with Crippen LogP contribution in [0.5, 0.6) is 11.5 Å². The highest BCUT2D eigenvalue weighted by Crippen LogP contribution is 2.26. The van der Waals surface area contributed by atoms with Crippen molar-refractivity contribution in [3.8, 4) is 11.5 Å². The van der Waals surface area contributed by atoms with Crippen molar-refractivity contribution in [1.82, 2.24) is 9.80 Å². The molecule has 2 heterocycles. The Morgan fingerprint density at radius 2 is 1.90 bits per heavy atom. The third-order valence-corrected chi connectivity index (χ3v) is 5.96. The van der Waals surface area contributed by atoms with Gasteiger partial charge in [0.25, 0.3) is 0 Å². The van der Waals surface area contributed by atoms with Gasteiger partial charge in [0, 0.05) is 44.3 Å². The van der Waals surface area contributed by atoms with Crippen molar-refractivity contribution in [1.29, 1.82) is 0 Å². The number of nitrogens with zero attached hydrogens (tertiary/aromatic N) is 2. The molecule has 156 valence electrons. The van der Waals surface area contributed by atoms with E-state index >= 15 is 0 Å². The fourth-order valence-electron chi connectivity index (χ4n) is 4.12. The van der Waals surface area contributed by atoms with Gasteiger partial charge in [0.2, 0.25) is 0 Å². The van der Waals surface area contributed by atoms with Gasteiger partial charge in [0.1, 0.15) is 24.7 Å². The zero-order valence-corrected chi connectivity index (χ0v) is 17.3. The lowest BCUT2D eigenvalue weighted by Crippen LogP contribution is -2.38. The zero-order valence-electron chi connectivity index (χ0n) is 17.3. The average Bonchev–Trinajstić information content (AvgIpc) is 2.96. The highest BCUT2D eigenvalue weighted by molar-refractivity contribution is 5.38. The van der Waals surface area contributed by atoms with E-state index in [9.17, 15) is 5.11 Å². The molecule has 29 heavy (non-hydrogen) atoms. The highest BCUT2D eigenvalue weighted by atomic mass is 16.5. The minimum Gasteiger partial charge on any atom is -0.492 e. The van der Waals surface area contributed by atoms with Crippen LogP contribution in [0.2, 0.25) is 0 Å². The van der Waals surface area contributed by atoms with E-state index in [-0.39, 0.29) is 6.10 Å². The molecule has 0 aliphatic carbocycles. The summed E-state index contributed by atoms with van der Waals surface area (Å²) in [6.07, 6.45) is 1.63. The smallest absolute Gasteiger partial charge is 0.123 e. The number of aliphatic hydroxyl groups excluding tert-OH is 1. The molecule has 0 unspecified atom stereocenters. The molecule has 1 saturated heterocycles. The van der Waals surface area contributed by atoms with Crippen LogP contribution in [-0.4, -0.2) is 59.9 Å². The molecule has 0 aromatic heterocycles. The van der Waals surface area contributed by atoms with Gasteiger partial charge < -0.3 is 14.6 Å². The van der Waals surface area contributed by atoms with Crippen LogP contribution in [0.15, 0.2) is 48.5 Å². The van der Waals surface area contributed by atoms with Crippen molar-refractivity contribution in [2.75, 3.05) is 32.8 Å². The molecule has 0 bridgehead atoms. The molecule has 0 radical (unpaired) electrons. The van der Waals surface area contributed by atoms with E-state index < -0.39 is 0 Å². The number of benzene rings is 2. The molecule has 2 aliphatic rings. The van der Waals surface area contributed by atoms with Crippen molar-refractivity contribution in [3.63, 3.8) is 0 Å². The Hall–Kier alpha value is -2.08. The van der Waals surface area contributed by atoms with E-state index in [1.165, 1.54) is 11.1 Å². The summed E-state index contributed by atoms with van der Waals surface area (Å²) in [5.41, 5.74) is 2.57. The molecule has 5 heteroatoms. The van der Waals surface area contributed by atoms with E-state index in [2.05, 4.69) is 34.9 Å². The van der Waals surface area contributed by atoms with E-state index in [1.807, 2.05) is 30.3 Å². The first-order chi connectivity index (χ1) is 14.2. The fourth-order valence-corrected chi connectivity index (χ4v) is 4.12. The maximum Gasteiger partial charge on any atom is 0.123 e. The van der Waals surface area contributed by atoms with E-state index in [1.54, 1.807) is 0 Å². The second-order valence-electron chi connectivity index (χ2n) is 8.24. The second-order valence-corrected chi connectivity index (χ2v) is 8.24. The van der Waals surface area contributed by atoms with Crippen molar-refractivity contribution in [2.45, 2.75) is 45.0 Å². The Labute approximate surface area is 173 Å². The van der Waals surface area contributed by atoms with Crippen molar-refractivity contribution in [3.05, 3.63) is 59.7 Å². The number of hydrogen-bond acceptors (Lipinski definition) is 5. The van der Waals surface area contributed by atoms with Gasteiger partial charge in [-0.1, -0.05) is 24.3 Å². The largest absolute Gasteiger partial charge is 0.492 e. The van der Waals surface area contributed by atoms with Gasteiger partial charge in [0.05, 0.1) is 6.10 Å². The molecule has 0 spiro atoms. The van der Waals surface area contributed by atoms with Gasteiger partial charge in [-0.15, -0.1) is 0 Å². The van der Waals surface area contributed by atoms with Gasteiger partial charge >= 0.3 is 0 Å². The molecular formula is C24H32N2O3. The first kappa shape index (κ1) is 20.2. The minimum atomic E-state index is -0.125. The molecule has 1 fully saturated rings. The first-order valence-electron chi connectivity index (χ1n) is 10.7. The Morgan fingerprint density at radius 1 is 1.10 bits per heavy atom. The standard InChI is InChI=1S/C24H32N2O3/c1-19(18-29-23-5-3-2-4-6-23)26-13-14-28-24-8-7-20(15-21(24)17-26)16-25-11-9-22(27)10-12-25/h2-8,15,19,22,27H,9-14,16-18H2,1H3/t19-/m0/s1. The average molecular weight is 397 g/mol. The number of likely N-dealkylation sites (tertiary alicyclic amines) is 1. The molecule has 0 amide bonds. The number of para-hydroxylation sites is 1. The molecule has 1 atom stereocenters. The molecule has 2 aromatic rings. The summed E-state index contributed by atoms with van der Waals surface area (Å²) < 4.78 is 12.0. The Morgan fingerprint density at radius 3 is 2.69 bits per heavy atom. The summed E-state index contributed by atoms with van der Waals surface area (Å²) >= 11 is 0. The van der Waals surface area contributed by atoms with Gasteiger partial charge in [0.15, 0.2) is 0 Å². The van der Waals surface area contributed by atoms with Gasteiger partial charge in [-0.05, 0) is 49.6 Å². The summed E-state index contributed by atoms with van der Waals surface area (Å²) in [6, 6.07) is 16.9. The predicted molar refractivity (Wildman–Crippen MR) is 114 cm³/mol. The van der Waals surface area contributed by atoms with Crippen LogP contribution < -0.4 is 9.47 Å². The third-order valence-electron chi connectivity index (χ3n) is 5.96. The summed E-state index contributed by atoms with van der Waals surface area (Å²) in [5.74, 6) is 1.92.